The Morgan fingerprint density at radius 2 is 1.88 bits per heavy atom. The Balaban J connectivity index is 2.23. The van der Waals surface area contributed by atoms with E-state index in [1.165, 1.54) is 0 Å². The highest BCUT2D eigenvalue weighted by Crippen LogP contribution is 2.32. The second kappa shape index (κ2) is 6.68. The molecule has 0 radical (unpaired) electrons. The third-order valence-corrected chi connectivity index (χ3v) is 3.72. The van der Waals surface area contributed by atoms with E-state index in [2.05, 4.69) is 0 Å². The van der Waals surface area contributed by atoms with Gasteiger partial charge in [0.1, 0.15) is 11.3 Å². The van der Waals surface area contributed by atoms with Gasteiger partial charge in [0.25, 0.3) is 5.91 Å². The fourth-order valence-electron chi connectivity index (χ4n) is 2.50. The lowest BCUT2D eigenvalue weighted by molar-refractivity contribution is -0.119. The second-order valence-corrected chi connectivity index (χ2v) is 5.57. The number of hydrogen-bond acceptors (Lipinski definition) is 5. The number of aryl methyl sites for hydroxylation is 1. The van der Waals surface area contributed by atoms with Gasteiger partial charge in [0.2, 0.25) is 11.2 Å². The van der Waals surface area contributed by atoms with E-state index in [0.29, 0.717) is 22.3 Å². The number of benzene rings is 2. The van der Waals surface area contributed by atoms with E-state index in [1.54, 1.807) is 43.5 Å². The molecule has 6 heteroatoms. The first-order chi connectivity index (χ1) is 12.0. The molecule has 0 unspecified atom stereocenters. The van der Waals surface area contributed by atoms with Crippen molar-refractivity contribution in [2.24, 2.45) is 5.73 Å². The summed E-state index contributed by atoms with van der Waals surface area (Å²) in [4.78, 5) is 23.9. The molecule has 25 heavy (non-hydrogen) atoms. The summed E-state index contributed by atoms with van der Waals surface area (Å²) in [5.41, 5.74) is 6.77. The highest BCUT2D eigenvalue weighted by molar-refractivity contribution is 5.83. The molecule has 2 N–H and O–H groups in total. The maximum Gasteiger partial charge on any atom is 0.255 e. The molecule has 3 rings (SSSR count). The number of fused-ring (bicyclic) bond motifs is 1. The number of rotatable bonds is 5. The normalized spacial score (nSPS) is 10.6. The zero-order valence-electron chi connectivity index (χ0n) is 13.9. The summed E-state index contributed by atoms with van der Waals surface area (Å²) < 4.78 is 16.4. The van der Waals surface area contributed by atoms with E-state index >= 15 is 0 Å². The summed E-state index contributed by atoms with van der Waals surface area (Å²) in [5, 5.41) is 0.386. The van der Waals surface area contributed by atoms with Gasteiger partial charge in [-0.2, -0.15) is 0 Å². The molecular weight excluding hydrogens is 322 g/mol. The molecule has 0 aliphatic rings. The van der Waals surface area contributed by atoms with E-state index in [-0.39, 0.29) is 16.9 Å². The molecule has 0 saturated carbocycles. The van der Waals surface area contributed by atoms with Gasteiger partial charge < -0.3 is 19.6 Å². The molecule has 1 amide bonds. The average Bonchev–Trinajstić information content (AvgIpc) is 2.61. The number of carbonyl (C=O) groups excluding carboxylic acids is 1. The van der Waals surface area contributed by atoms with Gasteiger partial charge in [-0.05, 0) is 43.3 Å². The maximum absolute atomic E-state index is 12.8. The quantitative estimate of drug-likeness (QED) is 0.771. The van der Waals surface area contributed by atoms with Crippen molar-refractivity contribution in [3.05, 3.63) is 58.3 Å². The molecule has 128 valence electrons. The topological polar surface area (TPSA) is 91.8 Å². The minimum atomic E-state index is -0.676. The van der Waals surface area contributed by atoms with Crippen molar-refractivity contribution >= 4 is 16.9 Å². The van der Waals surface area contributed by atoms with Crippen LogP contribution in [0.2, 0.25) is 0 Å². The number of nitrogens with two attached hydrogens (primary N) is 1. The zero-order chi connectivity index (χ0) is 18.0. The fraction of sp³-hybridized carbons (Fsp3) is 0.158. The molecule has 0 atom stereocenters. The van der Waals surface area contributed by atoms with Crippen molar-refractivity contribution in [2.75, 3.05) is 13.7 Å². The van der Waals surface area contributed by atoms with Crippen LogP contribution in [0.25, 0.3) is 22.3 Å². The van der Waals surface area contributed by atoms with Crippen LogP contribution in [0.5, 0.6) is 11.5 Å². The van der Waals surface area contributed by atoms with Gasteiger partial charge >= 0.3 is 0 Å². The predicted octanol–water partition coefficient (Wildman–Crippen LogP) is 2.64. The Bertz CT molecular complexity index is 989. The number of hydrogen-bond donors (Lipinski definition) is 1. The number of methoxy groups -OCH3 is 1. The van der Waals surface area contributed by atoms with Crippen molar-refractivity contribution < 1.29 is 18.7 Å². The molecule has 2 aromatic carbocycles. The molecule has 0 aliphatic carbocycles. The summed E-state index contributed by atoms with van der Waals surface area (Å²) in [6.07, 6.45) is 0. The van der Waals surface area contributed by atoms with E-state index < -0.39 is 12.5 Å². The average molecular weight is 339 g/mol. The van der Waals surface area contributed by atoms with Gasteiger partial charge in [-0.25, -0.2) is 0 Å². The van der Waals surface area contributed by atoms with Crippen LogP contribution in [0.3, 0.4) is 0 Å². The van der Waals surface area contributed by atoms with Crippen LogP contribution >= 0.6 is 0 Å². The Hall–Kier alpha value is -3.28. The summed E-state index contributed by atoms with van der Waals surface area (Å²) in [6.45, 7) is 1.46. The van der Waals surface area contributed by atoms with Crippen LogP contribution in [-0.2, 0) is 4.79 Å². The van der Waals surface area contributed by atoms with Crippen LogP contribution in [0, 0.1) is 6.92 Å². The smallest absolute Gasteiger partial charge is 0.255 e. The highest BCUT2D eigenvalue weighted by Gasteiger charge is 2.18. The van der Waals surface area contributed by atoms with Crippen molar-refractivity contribution in [3.63, 3.8) is 0 Å². The van der Waals surface area contributed by atoms with Gasteiger partial charge in [0, 0.05) is 5.56 Å². The van der Waals surface area contributed by atoms with Gasteiger partial charge in [-0.1, -0.05) is 11.6 Å². The lowest BCUT2D eigenvalue weighted by Crippen LogP contribution is -2.22. The first-order valence-electron chi connectivity index (χ1n) is 7.62. The van der Waals surface area contributed by atoms with Crippen LogP contribution < -0.4 is 20.6 Å². The molecule has 0 aliphatic heterocycles. The zero-order valence-corrected chi connectivity index (χ0v) is 13.9. The molecule has 0 bridgehead atoms. The number of carbonyl (C=O) groups is 1. The summed E-state index contributed by atoms with van der Waals surface area (Å²) in [7, 11) is 1.56. The van der Waals surface area contributed by atoms with E-state index in [0.717, 1.165) is 5.56 Å². The first-order valence-corrected chi connectivity index (χ1v) is 7.62. The SMILES string of the molecule is COc1ccc(-c2oc3ccc(C)cc3c(=O)c2OCC(N)=O)cc1. The van der Waals surface area contributed by atoms with E-state index in [9.17, 15) is 9.59 Å². The van der Waals surface area contributed by atoms with Crippen molar-refractivity contribution in [1.82, 2.24) is 0 Å². The van der Waals surface area contributed by atoms with Crippen LogP contribution in [0.15, 0.2) is 51.7 Å². The lowest BCUT2D eigenvalue weighted by atomic mass is 10.1. The minimum Gasteiger partial charge on any atom is -0.497 e. The summed E-state index contributed by atoms with van der Waals surface area (Å²) >= 11 is 0. The Labute approximate surface area is 143 Å². The molecule has 6 nitrogen and oxygen atoms in total. The maximum atomic E-state index is 12.8. The van der Waals surface area contributed by atoms with Gasteiger partial charge in [0.05, 0.1) is 12.5 Å². The molecule has 3 aromatic rings. The largest absolute Gasteiger partial charge is 0.497 e. The van der Waals surface area contributed by atoms with Crippen LogP contribution in [0.1, 0.15) is 5.56 Å². The van der Waals surface area contributed by atoms with Crippen molar-refractivity contribution in [3.8, 4) is 22.8 Å². The molecule has 1 heterocycles. The Morgan fingerprint density at radius 3 is 2.52 bits per heavy atom. The minimum absolute atomic E-state index is 0.0398. The second-order valence-electron chi connectivity index (χ2n) is 5.57. The summed E-state index contributed by atoms with van der Waals surface area (Å²) in [6, 6.07) is 12.3. The Kier molecular flexibility index (Phi) is 4.43. The number of primary amides is 1. The highest BCUT2D eigenvalue weighted by atomic mass is 16.5. The van der Waals surface area contributed by atoms with E-state index in [4.69, 9.17) is 19.6 Å². The lowest BCUT2D eigenvalue weighted by Gasteiger charge is -2.11. The van der Waals surface area contributed by atoms with Gasteiger partial charge in [-0.15, -0.1) is 0 Å². The van der Waals surface area contributed by atoms with Crippen molar-refractivity contribution in [1.29, 1.82) is 0 Å². The summed E-state index contributed by atoms with van der Waals surface area (Å²) in [5.74, 6) is 0.193. The fourth-order valence-corrected chi connectivity index (χ4v) is 2.50. The molecule has 0 saturated heterocycles. The number of ether oxygens (including phenoxy) is 2. The molecule has 0 fully saturated rings. The third kappa shape index (κ3) is 3.33. The monoisotopic (exact) mass is 339 g/mol. The molecule has 0 spiro atoms. The number of amides is 1. The van der Waals surface area contributed by atoms with Crippen molar-refractivity contribution in [2.45, 2.75) is 6.92 Å². The van der Waals surface area contributed by atoms with Crippen LogP contribution in [0.4, 0.5) is 0 Å². The Morgan fingerprint density at radius 1 is 1.16 bits per heavy atom. The van der Waals surface area contributed by atoms with Crippen LogP contribution in [-0.4, -0.2) is 19.6 Å². The van der Waals surface area contributed by atoms with Gasteiger partial charge in [-0.3, -0.25) is 9.59 Å². The first kappa shape index (κ1) is 16.6. The molecular formula is C19H17NO5. The molecule has 1 aromatic heterocycles. The third-order valence-electron chi connectivity index (χ3n) is 3.72. The van der Waals surface area contributed by atoms with Gasteiger partial charge in [0.15, 0.2) is 12.4 Å². The standard InChI is InChI=1S/C19H17NO5/c1-11-3-8-15-14(9-11)17(22)19(24-10-16(20)21)18(25-15)12-4-6-13(23-2)7-5-12/h3-9H,10H2,1-2H3,(H2,20,21). The predicted molar refractivity (Wildman–Crippen MR) is 93.9 cm³/mol. The van der Waals surface area contributed by atoms with E-state index in [1.807, 2.05) is 13.0 Å².